The Kier molecular flexibility index (Phi) is 8.01. The molecule has 0 aliphatic carbocycles. The van der Waals surface area contributed by atoms with Crippen molar-refractivity contribution in [3.63, 3.8) is 0 Å². The lowest BCUT2D eigenvalue weighted by Gasteiger charge is -1.95. The summed E-state index contributed by atoms with van der Waals surface area (Å²) in [5.41, 5.74) is 0.331. The molecule has 0 unspecified atom stereocenters. The number of hydrogen-bond donors (Lipinski definition) is 4. The molecule has 8 heteroatoms. The van der Waals surface area contributed by atoms with E-state index in [1.54, 1.807) is 24.3 Å². The van der Waals surface area contributed by atoms with Crippen molar-refractivity contribution in [3.8, 4) is 23.6 Å². The molecule has 0 fully saturated rings. The Morgan fingerprint density at radius 1 is 0.750 bits per heavy atom. The van der Waals surface area contributed by atoms with Crippen molar-refractivity contribution in [3.05, 3.63) is 70.8 Å². The number of hydrogen-bond acceptors (Lipinski definition) is 6. The van der Waals surface area contributed by atoms with Crippen molar-refractivity contribution in [1.29, 1.82) is 10.5 Å². The molecule has 0 saturated carbocycles. The third kappa shape index (κ3) is 7.13. The lowest BCUT2D eigenvalue weighted by atomic mass is 10.1. The van der Waals surface area contributed by atoms with Crippen LogP contribution in [0.4, 0.5) is 0 Å². The van der Waals surface area contributed by atoms with Crippen LogP contribution in [0.2, 0.25) is 0 Å². The molecular weight excluding hydrogens is 364 g/mol. The number of carbonyl (C=O) groups is 2. The fourth-order valence-corrected chi connectivity index (χ4v) is 1.80. The van der Waals surface area contributed by atoms with Crippen molar-refractivity contribution in [2.75, 3.05) is 0 Å². The van der Waals surface area contributed by atoms with E-state index in [1.165, 1.54) is 48.6 Å². The molecular formula is C20H14N2O6. The minimum atomic E-state index is -1.28. The molecule has 0 spiro atoms. The van der Waals surface area contributed by atoms with E-state index in [2.05, 4.69) is 0 Å². The van der Waals surface area contributed by atoms with Gasteiger partial charge in [-0.05, 0) is 47.5 Å². The molecule has 0 bridgehead atoms. The minimum absolute atomic E-state index is 0.0291. The second-order valence-electron chi connectivity index (χ2n) is 5.14. The van der Waals surface area contributed by atoms with Gasteiger partial charge in [0.1, 0.15) is 34.8 Å². The van der Waals surface area contributed by atoms with E-state index in [9.17, 15) is 9.59 Å². The number of phenols is 2. The van der Waals surface area contributed by atoms with Crippen LogP contribution < -0.4 is 0 Å². The lowest BCUT2D eigenvalue weighted by Crippen LogP contribution is -1.97. The molecule has 0 atom stereocenters. The highest BCUT2D eigenvalue weighted by molar-refractivity contribution is 5.97. The van der Waals surface area contributed by atoms with Crippen molar-refractivity contribution in [1.82, 2.24) is 0 Å². The van der Waals surface area contributed by atoms with Crippen LogP contribution in [0.1, 0.15) is 11.1 Å². The van der Waals surface area contributed by atoms with Crippen LogP contribution in [0, 0.1) is 22.7 Å². The van der Waals surface area contributed by atoms with Gasteiger partial charge in [0.15, 0.2) is 0 Å². The Morgan fingerprint density at radius 3 is 1.68 bits per heavy atom. The second-order valence-corrected chi connectivity index (χ2v) is 5.14. The molecule has 0 saturated heterocycles. The zero-order chi connectivity index (χ0) is 21.1. The number of phenolic OH excluding ortho intramolecular Hbond substituents is 2. The van der Waals surface area contributed by atoms with Gasteiger partial charge in [-0.1, -0.05) is 24.3 Å². The topological polar surface area (TPSA) is 163 Å². The fraction of sp³-hybridized carbons (Fsp3) is 0. The number of aliphatic carboxylic acids is 2. The summed E-state index contributed by atoms with van der Waals surface area (Å²) < 4.78 is 0. The quantitative estimate of drug-likeness (QED) is 0.466. The summed E-state index contributed by atoms with van der Waals surface area (Å²) in [6.45, 7) is 0. The van der Waals surface area contributed by atoms with E-state index in [4.69, 9.17) is 30.9 Å². The van der Waals surface area contributed by atoms with Crippen molar-refractivity contribution >= 4 is 24.1 Å². The zero-order valence-corrected chi connectivity index (χ0v) is 14.3. The first kappa shape index (κ1) is 21.5. The van der Waals surface area contributed by atoms with E-state index < -0.39 is 11.9 Å². The van der Waals surface area contributed by atoms with E-state index in [0.29, 0.717) is 11.1 Å². The van der Waals surface area contributed by atoms with Gasteiger partial charge in [-0.3, -0.25) is 0 Å². The minimum Gasteiger partial charge on any atom is -0.508 e. The van der Waals surface area contributed by atoms with Gasteiger partial charge >= 0.3 is 11.9 Å². The van der Waals surface area contributed by atoms with Crippen LogP contribution >= 0.6 is 0 Å². The van der Waals surface area contributed by atoms with Gasteiger partial charge in [0.25, 0.3) is 0 Å². The number of nitriles is 2. The Bertz CT molecular complexity index is 1010. The molecule has 28 heavy (non-hydrogen) atoms. The molecule has 4 N–H and O–H groups in total. The van der Waals surface area contributed by atoms with Crippen LogP contribution in [-0.2, 0) is 9.59 Å². The third-order valence-electron chi connectivity index (χ3n) is 3.09. The SMILES string of the molecule is N#C/C(=C\c1ccc(O)cc1)C(=O)O.N#C/C(=C\c1cccc(O)c1)C(=O)O. The largest absolute Gasteiger partial charge is 0.508 e. The number of aromatic hydroxyl groups is 2. The molecule has 0 aliphatic heterocycles. The van der Waals surface area contributed by atoms with E-state index >= 15 is 0 Å². The van der Waals surface area contributed by atoms with Gasteiger partial charge in [0.05, 0.1) is 0 Å². The van der Waals surface area contributed by atoms with Crippen molar-refractivity contribution in [2.24, 2.45) is 0 Å². The van der Waals surface area contributed by atoms with E-state index in [-0.39, 0.29) is 22.6 Å². The van der Waals surface area contributed by atoms with Crippen molar-refractivity contribution in [2.45, 2.75) is 0 Å². The second kappa shape index (κ2) is 10.4. The standard InChI is InChI=1S/2C10H7NO3/c11-6-8(10(13)14)5-7-1-3-9(12)4-2-7;11-6-8(10(13)14)4-7-2-1-3-9(12)5-7/h2*1-5,12H,(H,13,14)/b8-5+;8-4+. The highest BCUT2D eigenvalue weighted by Crippen LogP contribution is 2.14. The van der Waals surface area contributed by atoms with Crippen LogP contribution in [0.3, 0.4) is 0 Å². The van der Waals surface area contributed by atoms with Crippen LogP contribution in [-0.4, -0.2) is 32.4 Å². The number of nitrogens with zero attached hydrogens (tertiary/aromatic N) is 2. The number of benzene rings is 2. The highest BCUT2D eigenvalue weighted by atomic mass is 16.4. The zero-order valence-electron chi connectivity index (χ0n) is 14.3. The summed E-state index contributed by atoms with van der Waals surface area (Å²) >= 11 is 0. The Morgan fingerprint density at radius 2 is 1.25 bits per heavy atom. The van der Waals surface area contributed by atoms with Gasteiger partial charge in [0, 0.05) is 0 Å². The maximum Gasteiger partial charge on any atom is 0.346 e. The van der Waals surface area contributed by atoms with Gasteiger partial charge in [0.2, 0.25) is 0 Å². The summed E-state index contributed by atoms with van der Waals surface area (Å²) in [6, 6.07) is 15.0. The molecule has 0 aromatic heterocycles. The summed E-state index contributed by atoms with van der Waals surface area (Å²) in [6.07, 6.45) is 2.43. The number of carboxylic acids is 2. The van der Waals surface area contributed by atoms with Crippen LogP contribution in [0.15, 0.2) is 59.7 Å². The van der Waals surface area contributed by atoms with Gasteiger partial charge in [-0.15, -0.1) is 0 Å². The molecule has 2 aromatic carbocycles. The summed E-state index contributed by atoms with van der Waals surface area (Å²) in [5, 5.41) is 52.1. The molecule has 140 valence electrons. The molecule has 8 nitrogen and oxygen atoms in total. The van der Waals surface area contributed by atoms with Gasteiger partial charge in [-0.25, -0.2) is 9.59 Å². The summed E-state index contributed by atoms with van der Waals surface area (Å²) in [5.74, 6) is -2.42. The van der Waals surface area contributed by atoms with Crippen LogP contribution in [0.5, 0.6) is 11.5 Å². The first-order chi connectivity index (χ1) is 13.3. The smallest absolute Gasteiger partial charge is 0.346 e. The maximum absolute atomic E-state index is 10.5. The molecule has 2 aromatic rings. The van der Waals surface area contributed by atoms with E-state index in [0.717, 1.165) is 0 Å². The highest BCUT2D eigenvalue weighted by Gasteiger charge is 2.06. The number of rotatable bonds is 4. The molecule has 0 aliphatic rings. The Labute approximate surface area is 159 Å². The maximum atomic E-state index is 10.5. The van der Waals surface area contributed by atoms with Crippen LogP contribution in [0.25, 0.3) is 12.2 Å². The summed E-state index contributed by atoms with van der Waals surface area (Å²) in [7, 11) is 0. The average molecular weight is 378 g/mol. The lowest BCUT2D eigenvalue weighted by molar-refractivity contribution is -0.133. The van der Waals surface area contributed by atoms with Crippen molar-refractivity contribution < 1.29 is 30.0 Å². The summed E-state index contributed by atoms with van der Waals surface area (Å²) in [4.78, 5) is 20.9. The normalized spacial score (nSPS) is 10.6. The van der Waals surface area contributed by atoms with Gasteiger partial charge in [-0.2, -0.15) is 10.5 Å². The first-order valence-corrected chi connectivity index (χ1v) is 7.55. The third-order valence-corrected chi connectivity index (χ3v) is 3.09. The molecule has 0 heterocycles. The monoisotopic (exact) mass is 378 g/mol. The predicted octanol–water partition coefficient (Wildman–Crippen LogP) is 2.77. The Balaban J connectivity index is 0.000000280. The first-order valence-electron chi connectivity index (χ1n) is 7.55. The van der Waals surface area contributed by atoms with Gasteiger partial charge < -0.3 is 20.4 Å². The molecule has 0 amide bonds. The Hall–Kier alpha value is -4.56. The van der Waals surface area contributed by atoms with E-state index in [1.807, 2.05) is 0 Å². The molecule has 2 rings (SSSR count). The fourth-order valence-electron chi connectivity index (χ4n) is 1.80. The molecule has 0 radical (unpaired) electrons. The number of carboxylic acid groups (broad SMARTS) is 2. The average Bonchev–Trinajstić information content (AvgIpc) is 2.65. The predicted molar refractivity (Wildman–Crippen MR) is 98.7 cm³/mol.